The maximum atomic E-state index is 12.7. The summed E-state index contributed by atoms with van der Waals surface area (Å²) in [4.78, 5) is 32.4. The second kappa shape index (κ2) is 9.47. The van der Waals surface area contributed by atoms with Gasteiger partial charge in [-0.15, -0.1) is 0 Å². The minimum Gasteiger partial charge on any atom is -0.354 e. The van der Waals surface area contributed by atoms with E-state index in [1.165, 1.54) is 6.42 Å². The molecular formula is C25H32N6O2. The zero-order valence-corrected chi connectivity index (χ0v) is 19.3. The molecule has 3 aromatic rings. The Bertz CT molecular complexity index is 1260. The molecule has 2 aliphatic rings. The fourth-order valence-corrected chi connectivity index (χ4v) is 5.16. The van der Waals surface area contributed by atoms with Gasteiger partial charge in [-0.1, -0.05) is 18.6 Å². The molecule has 0 spiro atoms. The van der Waals surface area contributed by atoms with Crippen molar-refractivity contribution in [2.75, 3.05) is 25.0 Å². The van der Waals surface area contributed by atoms with Gasteiger partial charge in [-0.2, -0.15) is 5.10 Å². The third-order valence-corrected chi connectivity index (χ3v) is 7.10. The lowest BCUT2D eigenvalue weighted by atomic mass is 9.97. The zero-order chi connectivity index (χ0) is 22.8. The maximum absolute atomic E-state index is 12.7. The van der Waals surface area contributed by atoms with Crippen molar-refractivity contribution < 1.29 is 0 Å². The van der Waals surface area contributed by atoms with Crippen LogP contribution < -0.4 is 16.4 Å². The fourth-order valence-electron chi connectivity index (χ4n) is 5.16. The first-order chi connectivity index (χ1) is 16.1. The summed E-state index contributed by atoms with van der Waals surface area (Å²) in [6.45, 7) is 3.12. The SMILES string of the molecule is Cn1c(NCC2CCCCN2CCn2nc3c(cc2=O)CCCC3)nc2ccccc2c1=O. The van der Waals surface area contributed by atoms with E-state index in [-0.39, 0.29) is 11.1 Å². The quantitative estimate of drug-likeness (QED) is 0.623. The maximum Gasteiger partial charge on any atom is 0.267 e. The van der Waals surface area contributed by atoms with Gasteiger partial charge in [0, 0.05) is 32.2 Å². The Morgan fingerprint density at radius 2 is 1.91 bits per heavy atom. The number of hydrogen-bond acceptors (Lipinski definition) is 6. The van der Waals surface area contributed by atoms with Gasteiger partial charge in [0.25, 0.3) is 11.1 Å². The summed E-state index contributed by atoms with van der Waals surface area (Å²) in [5, 5.41) is 8.73. The van der Waals surface area contributed by atoms with Crippen LogP contribution in [0.2, 0.25) is 0 Å². The minimum absolute atomic E-state index is 0.0118. The lowest BCUT2D eigenvalue weighted by molar-refractivity contribution is 0.147. The smallest absolute Gasteiger partial charge is 0.267 e. The van der Waals surface area contributed by atoms with Crippen molar-refractivity contribution in [1.29, 1.82) is 0 Å². The molecule has 0 amide bonds. The number of nitrogens with zero attached hydrogens (tertiary/aromatic N) is 5. The third kappa shape index (κ3) is 4.57. The Labute approximate surface area is 193 Å². The number of hydrogen-bond donors (Lipinski definition) is 1. The topological polar surface area (TPSA) is 85.1 Å². The second-order valence-electron chi connectivity index (χ2n) is 9.27. The molecule has 1 saturated heterocycles. The highest BCUT2D eigenvalue weighted by Gasteiger charge is 2.23. The number of aromatic nitrogens is 4. The first-order valence-electron chi connectivity index (χ1n) is 12.1. The van der Waals surface area contributed by atoms with Crippen LogP contribution in [0.3, 0.4) is 0 Å². The molecule has 0 bridgehead atoms. The van der Waals surface area contributed by atoms with Crippen LogP contribution in [0.4, 0.5) is 5.95 Å². The van der Waals surface area contributed by atoms with Crippen LogP contribution in [0.25, 0.3) is 10.9 Å². The van der Waals surface area contributed by atoms with Gasteiger partial charge in [-0.3, -0.25) is 19.1 Å². The highest BCUT2D eigenvalue weighted by atomic mass is 16.1. The molecule has 1 N–H and O–H groups in total. The summed E-state index contributed by atoms with van der Waals surface area (Å²) >= 11 is 0. The van der Waals surface area contributed by atoms with Crippen LogP contribution in [-0.2, 0) is 26.4 Å². The van der Waals surface area contributed by atoms with Crippen molar-refractivity contribution in [3.63, 3.8) is 0 Å². The molecule has 1 aromatic carbocycles. The molecule has 33 heavy (non-hydrogen) atoms. The number of anilines is 1. The molecule has 0 saturated carbocycles. The third-order valence-electron chi connectivity index (χ3n) is 7.10. The molecule has 1 unspecified atom stereocenters. The summed E-state index contributed by atoms with van der Waals surface area (Å²) in [7, 11) is 1.76. The molecule has 1 fully saturated rings. The lowest BCUT2D eigenvalue weighted by Gasteiger charge is -2.36. The average molecular weight is 449 g/mol. The second-order valence-corrected chi connectivity index (χ2v) is 9.27. The summed E-state index contributed by atoms with van der Waals surface area (Å²) < 4.78 is 3.24. The van der Waals surface area contributed by atoms with E-state index >= 15 is 0 Å². The average Bonchev–Trinajstić information content (AvgIpc) is 2.84. The highest BCUT2D eigenvalue weighted by Crippen LogP contribution is 2.19. The van der Waals surface area contributed by atoms with Crippen LogP contribution in [0, 0.1) is 0 Å². The van der Waals surface area contributed by atoms with Gasteiger partial charge in [0.2, 0.25) is 5.95 Å². The Balaban J connectivity index is 1.27. The first-order valence-corrected chi connectivity index (χ1v) is 12.1. The molecule has 8 nitrogen and oxygen atoms in total. The summed E-state index contributed by atoms with van der Waals surface area (Å²) in [6.07, 6.45) is 7.69. The van der Waals surface area contributed by atoms with Gasteiger partial charge in [-0.25, -0.2) is 9.67 Å². The van der Waals surface area contributed by atoms with Crippen molar-refractivity contribution in [3.8, 4) is 0 Å². The number of para-hydroxylation sites is 1. The van der Waals surface area contributed by atoms with E-state index in [1.807, 2.05) is 24.3 Å². The largest absolute Gasteiger partial charge is 0.354 e. The van der Waals surface area contributed by atoms with E-state index in [9.17, 15) is 9.59 Å². The molecule has 2 aromatic heterocycles. The zero-order valence-electron chi connectivity index (χ0n) is 19.3. The Hall–Kier alpha value is -3.00. The van der Waals surface area contributed by atoms with Gasteiger partial charge >= 0.3 is 0 Å². The van der Waals surface area contributed by atoms with Crippen molar-refractivity contribution >= 4 is 16.9 Å². The standard InChI is InChI=1S/C25H32N6O2/c1-29-24(33)20-10-3-5-12-22(20)27-25(29)26-17-19-9-6-7-13-30(19)14-15-31-23(32)16-18-8-2-4-11-21(18)28-31/h3,5,10,12,16,19H,2,4,6-9,11,13-15,17H2,1H3,(H,26,27). The number of rotatable bonds is 6. The van der Waals surface area contributed by atoms with Gasteiger partial charge < -0.3 is 5.32 Å². The van der Waals surface area contributed by atoms with Crippen molar-refractivity contribution in [2.45, 2.75) is 57.5 Å². The van der Waals surface area contributed by atoms with Crippen LogP contribution in [0.15, 0.2) is 39.9 Å². The van der Waals surface area contributed by atoms with Gasteiger partial charge in [-0.05, 0) is 62.8 Å². The molecule has 0 radical (unpaired) electrons. The summed E-state index contributed by atoms with van der Waals surface area (Å²) in [5.41, 5.74) is 2.91. The molecule has 8 heteroatoms. The molecule has 3 heterocycles. The number of benzene rings is 1. The molecule has 5 rings (SSSR count). The van der Waals surface area contributed by atoms with Crippen LogP contribution >= 0.6 is 0 Å². The summed E-state index contributed by atoms with van der Waals surface area (Å²) in [5.74, 6) is 0.594. The molecule has 1 atom stereocenters. The van der Waals surface area contributed by atoms with E-state index in [2.05, 4.69) is 20.3 Å². The van der Waals surface area contributed by atoms with Crippen molar-refractivity contribution in [3.05, 3.63) is 62.3 Å². The Morgan fingerprint density at radius 3 is 2.82 bits per heavy atom. The number of aryl methyl sites for hydroxylation is 2. The molecule has 1 aliphatic carbocycles. The van der Waals surface area contributed by atoms with E-state index in [0.29, 0.717) is 36.0 Å². The van der Waals surface area contributed by atoms with Gasteiger partial charge in [0.05, 0.1) is 23.1 Å². The van der Waals surface area contributed by atoms with Crippen LogP contribution in [0.5, 0.6) is 0 Å². The minimum atomic E-state index is -0.0403. The number of piperidine rings is 1. The predicted octanol–water partition coefficient (Wildman–Crippen LogP) is 2.34. The monoisotopic (exact) mass is 448 g/mol. The fraction of sp³-hybridized carbons (Fsp3) is 0.520. The van der Waals surface area contributed by atoms with E-state index in [0.717, 1.165) is 62.9 Å². The summed E-state index contributed by atoms with van der Waals surface area (Å²) in [6, 6.07) is 9.57. The van der Waals surface area contributed by atoms with Gasteiger partial charge in [0.1, 0.15) is 0 Å². The van der Waals surface area contributed by atoms with Crippen molar-refractivity contribution in [1.82, 2.24) is 24.2 Å². The Kier molecular flexibility index (Phi) is 6.26. The number of likely N-dealkylation sites (tertiary alicyclic amines) is 1. The van der Waals surface area contributed by atoms with Crippen LogP contribution in [-0.4, -0.2) is 49.9 Å². The van der Waals surface area contributed by atoms with Gasteiger partial charge in [0.15, 0.2) is 0 Å². The van der Waals surface area contributed by atoms with E-state index in [1.54, 1.807) is 22.4 Å². The lowest BCUT2D eigenvalue weighted by Crippen LogP contribution is -2.46. The predicted molar refractivity (Wildman–Crippen MR) is 130 cm³/mol. The number of nitrogens with one attached hydrogen (secondary N) is 1. The van der Waals surface area contributed by atoms with E-state index in [4.69, 9.17) is 0 Å². The van der Waals surface area contributed by atoms with Crippen LogP contribution in [0.1, 0.15) is 43.4 Å². The normalized spacial score (nSPS) is 18.9. The highest BCUT2D eigenvalue weighted by molar-refractivity contribution is 5.78. The molecular weight excluding hydrogens is 416 g/mol. The van der Waals surface area contributed by atoms with Crippen molar-refractivity contribution in [2.24, 2.45) is 7.05 Å². The Morgan fingerprint density at radius 1 is 1.06 bits per heavy atom. The molecule has 174 valence electrons. The molecule has 1 aliphatic heterocycles. The number of fused-ring (bicyclic) bond motifs is 2. The van der Waals surface area contributed by atoms with E-state index < -0.39 is 0 Å². The first kappa shape index (κ1) is 21.8.